The van der Waals surface area contributed by atoms with E-state index < -0.39 is 5.97 Å². The van der Waals surface area contributed by atoms with Crippen molar-refractivity contribution >= 4 is 5.97 Å². The fourth-order valence-corrected chi connectivity index (χ4v) is 2.68. The fraction of sp³-hybridized carbons (Fsp3) is 0.167. The first kappa shape index (κ1) is 15.7. The Hall–Kier alpha value is -3.15. The van der Waals surface area contributed by atoms with Gasteiger partial charge in [0.15, 0.2) is 0 Å². The smallest absolute Gasteiger partial charge is 0.338 e. The van der Waals surface area contributed by atoms with Crippen LogP contribution in [-0.2, 0) is 11.8 Å². The van der Waals surface area contributed by atoms with Crippen molar-refractivity contribution < 1.29 is 19.5 Å². The quantitative estimate of drug-likeness (QED) is 0.456. The fourth-order valence-electron chi connectivity index (χ4n) is 2.68. The number of benzene rings is 1. The summed E-state index contributed by atoms with van der Waals surface area (Å²) in [7, 11) is 3.19. The maximum absolute atomic E-state index is 12.0. The molecule has 0 aliphatic rings. The molecule has 1 N–H and O–H groups in total. The minimum atomic E-state index is -0.405. The van der Waals surface area contributed by atoms with Gasteiger partial charge in [0, 0.05) is 29.6 Å². The van der Waals surface area contributed by atoms with Gasteiger partial charge in [0.2, 0.25) is 6.20 Å². The molecule has 0 aliphatic heterocycles. The van der Waals surface area contributed by atoms with Gasteiger partial charge in [-0.1, -0.05) is 6.07 Å². The van der Waals surface area contributed by atoms with Crippen LogP contribution in [0.3, 0.4) is 0 Å². The van der Waals surface area contributed by atoms with Gasteiger partial charge in [-0.15, -0.1) is 0 Å². The number of pyridine rings is 1. The van der Waals surface area contributed by atoms with Crippen molar-refractivity contribution in [2.45, 2.75) is 6.92 Å². The second-order valence-electron chi connectivity index (χ2n) is 5.54. The first-order valence-corrected chi connectivity index (χ1v) is 7.43. The van der Waals surface area contributed by atoms with Crippen molar-refractivity contribution in [1.29, 1.82) is 0 Å². The number of hydrogen-bond acceptors (Lipinski definition) is 4. The maximum atomic E-state index is 12.0. The lowest BCUT2D eigenvalue weighted by Crippen LogP contribution is -2.32. The van der Waals surface area contributed by atoms with Crippen LogP contribution in [0.15, 0.2) is 48.9 Å². The number of esters is 1. The van der Waals surface area contributed by atoms with Gasteiger partial charge in [0.05, 0.1) is 30.0 Å². The van der Waals surface area contributed by atoms with Crippen molar-refractivity contribution in [2.75, 3.05) is 7.11 Å². The zero-order valence-corrected chi connectivity index (χ0v) is 13.7. The molecule has 6 nitrogen and oxygen atoms in total. The molecule has 0 amide bonds. The monoisotopic (exact) mass is 324 g/mol. The third-order valence-corrected chi connectivity index (χ3v) is 3.91. The van der Waals surface area contributed by atoms with Gasteiger partial charge in [-0.05, 0) is 30.7 Å². The average Bonchev–Trinajstić information content (AvgIpc) is 3.01. The van der Waals surface area contributed by atoms with Crippen molar-refractivity contribution in [3.05, 3.63) is 60.0 Å². The molecule has 0 fully saturated rings. The van der Waals surface area contributed by atoms with Crippen LogP contribution in [0, 0.1) is 6.92 Å². The van der Waals surface area contributed by atoms with Crippen molar-refractivity contribution in [3.63, 3.8) is 0 Å². The zero-order valence-electron chi connectivity index (χ0n) is 13.7. The highest BCUT2D eigenvalue weighted by molar-refractivity contribution is 5.93. The first-order chi connectivity index (χ1) is 11.5. The molecule has 1 aromatic carbocycles. The van der Waals surface area contributed by atoms with E-state index in [9.17, 15) is 10.0 Å². The van der Waals surface area contributed by atoms with Gasteiger partial charge in [0.25, 0.3) is 5.69 Å². The molecular formula is C18H18N3O3+. The molecule has 0 saturated heterocycles. The predicted molar refractivity (Wildman–Crippen MR) is 87.5 cm³/mol. The first-order valence-electron chi connectivity index (χ1n) is 7.43. The van der Waals surface area contributed by atoms with E-state index in [0.717, 1.165) is 21.4 Å². The van der Waals surface area contributed by atoms with Crippen LogP contribution in [0.4, 0.5) is 0 Å². The van der Waals surface area contributed by atoms with E-state index in [-0.39, 0.29) is 0 Å². The van der Waals surface area contributed by atoms with Gasteiger partial charge in [0.1, 0.15) is 0 Å². The summed E-state index contributed by atoms with van der Waals surface area (Å²) in [5.41, 5.74) is 4.26. The summed E-state index contributed by atoms with van der Waals surface area (Å²) in [4.78, 5) is 12.0. The van der Waals surface area contributed by atoms with Gasteiger partial charge in [-0.2, -0.15) is 5.10 Å². The normalized spacial score (nSPS) is 10.6. The highest BCUT2D eigenvalue weighted by Crippen LogP contribution is 2.30. The van der Waals surface area contributed by atoms with E-state index in [1.54, 1.807) is 29.2 Å². The third kappa shape index (κ3) is 2.74. The number of aromatic nitrogens is 3. The molecule has 2 heterocycles. The van der Waals surface area contributed by atoms with Crippen LogP contribution in [0.25, 0.3) is 22.4 Å². The second kappa shape index (κ2) is 6.16. The van der Waals surface area contributed by atoms with Crippen LogP contribution < -0.4 is 4.73 Å². The largest absolute Gasteiger partial charge is 0.465 e. The summed E-state index contributed by atoms with van der Waals surface area (Å²) in [6.07, 6.45) is 5.15. The maximum Gasteiger partial charge on any atom is 0.338 e. The van der Waals surface area contributed by atoms with Gasteiger partial charge in [-0.3, -0.25) is 9.89 Å². The lowest BCUT2D eigenvalue weighted by Gasteiger charge is -2.07. The molecule has 3 rings (SSSR count). The summed E-state index contributed by atoms with van der Waals surface area (Å²) in [6.45, 7) is 1.84. The minimum Gasteiger partial charge on any atom is -0.465 e. The third-order valence-electron chi connectivity index (χ3n) is 3.91. The van der Waals surface area contributed by atoms with E-state index in [1.165, 1.54) is 7.11 Å². The lowest BCUT2D eigenvalue weighted by atomic mass is 9.98. The van der Waals surface area contributed by atoms with Crippen LogP contribution >= 0.6 is 0 Å². The molecule has 0 spiro atoms. The van der Waals surface area contributed by atoms with E-state index in [0.29, 0.717) is 16.8 Å². The van der Waals surface area contributed by atoms with E-state index in [4.69, 9.17) is 4.74 Å². The molecule has 0 radical (unpaired) electrons. The molecule has 0 unspecified atom stereocenters. The Bertz CT molecular complexity index is 916. The zero-order chi connectivity index (χ0) is 17.3. The number of aryl methyl sites for hydroxylation is 2. The highest BCUT2D eigenvalue weighted by Gasteiger charge is 2.22. The number of nitrogens with zero attached hydrogens (tertiary/aromatic N) is 3. The van der Waals surface area contributed by atoms with Crippen molar-refractivity contribution in [2.24, 2.45) is 7.05 Å². The Morgan fingerprint density at radius 2 is 2.08 bits per heavy atom. The number of methoxy groups -OCH3 is 1. The van der Waals surface area contributed by atoms with Gasteiger partial charge in [-0.25, -0.2) is 4.79 Å². The second-order valence-corrected chi connectivity index (χ2v) is 5.54. The Labute approximate surface area is 139 Å². The molecule has 2 aromatic heterocycles. The van der Waals surface area contributed by atoms with Crippen molar-refractivity contribution in [3.8, 4) is 22.4 Å². The van der Waals surface area contributed by atoms with Crippen molar-refractivity contribution in [1.82, 2.24) is 9.78 Å². The number of rotatable bonds is 3. The van der Waals surface area contributed by atoms with Gasteiger partial charge < -0.3 is 4.74 Å². The summed E-state index contributed by atoms with van der Waals surface area (Å²) in [5, 5.41) is 14.5. The number of carbonyl (C=O) groups excluding carboxylic acids is 1. The van der Waals surface area contributed by atoms with Crippen LogP contribution in [0.2, 0.25) is 0 Å². The standard InChI is InChI=1S/C18H18N3O3/c1-12-6-7-13(9-16(12)18(22)24-3)17-15(5-4-8-21(17)23)14-10-19-20(2)11-14/h4-11,23H,1-3H3/q+1. The number of hydrogen-bond donors (Lipinski definition) is 1. The summed E-state index contributed by atoms with van der Waals surface area (Å²) in [5.74, 6) is -0.405. The van der Waals surface area contributed by atoms with Gasteiger partial charge >= 0.3 is 5.97 Å². The molecule has 24 heavy (non-hydrogen) atoms. The summed E-state index contributed by atoms with van der Waals surface area (Å²) in [6, 6.07) is 9.08. The average molecular weight is 324 g/mol. The Balaban J connectivity index is 2.22. The molecule has 122 valence electrons. The number of carbonyl (C=O) groups is 1. The predicted octanol–water partition coefficient (Wildman–Crippen LogP) is 2.37. The lowest BCUT2D eigenvalue weighted by molar-refractivity contribution is -0.895. The summed E-state index contributed by atoms with van der Waals surface area (Å²) >= 11 is 0. The molecule has 0 bridgehead atoms. The van der Waals surface area contributed by atoms with E-state index in [2.05, 4.69) is 5.10 Å². The number of ether oxygens (including phenoxy) is 1. The Morgan fingerprint density at radius 1 is 1.29 bits per heavy atom. The van der Waals surface area contributed by atoms with Crippen LogP contribution in [-0.4, -0.2) is 28.1 Å². The minimum absolute atomic E-state index is 0.405. The molecule has 3 aromatic rings. The molecule has 0 saturated carbocycles. The van der Waals surface area contributed by atoms with Crippen LogP contribution in [0.1, 0.15) is 15.9 Å². The Morgan fingerprint density at radius 3 is 2.75 bits per heavy atom. The van der Waals surface area contributed by atoms with Crippen LogP contribution in [0.5, 0.6) is 0 Å². The SMILES string of the molecule is COC(=O)c1cc(-c2c(-c3cnn(C)c3)ccc[n+]2O)ccc1C. The molecule has 0 atom stereocenters. The molecule has 6 heteroatoms. The topological polar surface area (TPSA) is 68.2 Å². The van der Waals surface area contributed by atoms with E-state index in [1.807, 2.05) is 38.4 Å². The highest BCUT2D eigenvalue weighted by atomic mass is 16.5. The Kier molecular flexibility index (Phi) is 4.04. The molecule has 0 aliphatic carbocycles. The van der Waals surface area contributed by atoms with E-state index >= 15 is 0 Å². The molecular weight excluding hydrogens is 306 g/mol. The summed E-state index contributed by atoms with van der Waals surface area (Å²) < 4.78 is 7.58.